The molecule has 2 rings (SSSR count). The number of nitrogens with one attached hydrogen (secondary N) is 1. The molecule has 8 heteroatoms. The lowest BCUT2D eigenvalue weighted by Crippen LogP contribution is -2.38. The molecule has 1 aromatic heterocycles. The Kier molecular flexibility index (Phi) is 9.59. The van der Waals surface area contributed by atoms with Crippen molar-refractivity contribution in [3.63, 3.8) is 0 Å². The highest BCUT2D eigenvalue weighted by molar-refractivity contribution is 8.02. The molecule has 0 fully saturated rings. The average molecular weight is 451 g/mol. The van der Waals surface area contributed by atoms with Crippen LogP contribution in [0.3, 0.4) is 0 Å². The molecule has 0 amide bonds. The minimum absolute atomic E-state index is 0.164. The highest BCUT2D eigenvalue weighted by Gasteiger charge is 2.11. The average Bonchev–Trinajstić information content (AvgIpc) is 2.70. The summed E-state index contributed by atoms with van der Waals surface area (Å²) in [6.45, 7) is 7.15. The number of hydrogen-bond acceptors (Lipinski definition) is 6. The van der Waals surface area contributed by atoms with Gasteiger partial charge in [0, 0.05) is 43.0 Å². The number of hydrogen-bond donors (Lipinski definition) is 1. The first-order valence-corrected chi connectivity index (χ1v) is 11.5. The van der Waals surface area contributed by atoms with Gasteiger partial charge in [-0.25, -0.2) is 4.98 Å². The smallest absolute Gasteiger partial charge is 0.274 e. The van der Waals surface area contributed by atoms with Crippen LogP contribution >= 0.6 is 23.4 Å². The molecule has 1 unspecified atom stereocenters. The Balaban J connectivity index is 2.06. The van der Waals surface area contributed by atoms with Gasteiger partial charge in [-0.2, -0.15) is 4.68 Å². The topological polar surface area (TPSA) is 59.4 Å². The summed E-state index contributed by atoms with van der Waals surface area (Å²) in [4.78, 5) is 17.2. The predicted octanol–water partition coefficient (Wildman–Crippen LogP) is 4.69. The second-order valence-corrected chi connectivity index (χ2v) is 8.65. The van der Waals surface area contributed by atoms with Gasteiger partial charge in [0.15, 0.2) is 0 Å². The quantitative estimate of drug-likeness (QED) is 0.501. The first-order valence-electron chi connectivity index (χ1n) is 10.0. The van der Waals surface area contributed by atoms with Crippen LogP contribution in [0.15, 0.2) is 40.5 Å². The minimum Gasteiger partial charge on any atom is -0.487 e. The summed E-state index contributed by atoms with van der Waals surface area (Å²) in [6.07, 6.45) is 3.35. The molecular weight excluding hydrogens is 420 g/mol. The van der Waals surface area contributed by atoms with Crippen LogP contribution in [0.2, 0.25) is 5.02 Å². The second kappa shape index (κ2) is 11.9. The maximum absolute atomic E-state index is 12.6. The van der Waals surface area contributed by atoms with Gasteiger partial charge in [-0.1, -0.05) is 44.0 Å². The third kappa shape index (κ3) is 6.99. The molecule has 0 bridgehead atoms. The zero-order chi connectivity index (χ0) is 22.1. The molecule has 6 nitrogen and oxygen atoms in total. The SMILES string of the molecule is CCC(C)/C=C\SCCNc1nc(COc2cccc(Cl)c2C)cc(=O)n1N(C)C. The molecular formula is C22H31ClN4O2S. The van der Waals surface area contributed by atoms with Crippen molar-refractivity contribution in [3.05, 3.63) is 62.4 Å². The Labute approximate surface area is 188 Å². The van der Waals surface area contributed by atoms with Crippen LogP contribution in [0, 0.1) is 12.8 Å². The fourth-order valence-corrected chi connectivity index (χ4v) is 3.51. The summed E-state index contributed by atoms with van der Waals surface area (Å²) in [5.74, 6) is 2.64. The van der Waals surface area contributed by atoms with Crippen LogP contribution in [-0.2, 0) is 6.61 Å². The summed E-state index contributed by atoms with van der Waals surface area (Å²) in [6, 6.07) is 7.00. The van der Waals surface area contributed by atoms with E-state index < -0.39 is 0 Å². The van der Waals surface area contributed by atoms with Gasteiger partial charge in [0.1, 0.15) is 12.4 Å². The van der Waals surface area contributed by atoms with Gasteiger partial charge in [-0.15, -0.1) is 11.8 Å². The zero-order valence-electron chi connectivity index (χ0n) is 18.3. The lowest BCUT2D eigenvalue weighted by atomic mass is 10.1. The van der Waals surface area contributed by atoms with Gasteiger partial charge in [-0.05, 0) is 30.4 Å². The number of anilines is 1. The molecule has 0 aliphatic rings. The normalized spacial score (nSPS) is 12.2. The molecule has 2 aromatic rings. The van der Waals surface area contributed by atoms with Crippen LogP contribution in [0.4, 0.5) is 5.95 Å². The van der Waals surface area contributed by atoms with E-state index in [2.05, 4.69) is 35.6 Å². The molecule has 0 saturated carbocycles. The number of halogens is 1. The van der Waals surface area contributed by atoms with E-state index in [-0.39, 0.29) is 12.2 Å². The number of aromatic nitrogens is 2. The molecule has 0 aliphatic heterocycles. The maximum atomic E-state index is 12.6. The van der Waals surface area contributed by atoms with E-state index >= 15 is 0 Å². The summed E-state index contributed by atoms with van der Waals surface area (Å²) in [7, 11) is 3.62. The Bertz CT molecular complexity index is 914. The lowest BCUT2D eigenvalue weighted by Gasteiger charge is -2.21. The van der Waals surface area contributed by atoms with Crippen molar-refractivity contribution in [2.45, 2.75) is 33.8 Å². The minimum atomic E-state index is -0.164. The van der Waals surface area contributed by atoms with Crippen molar-refractivity contribution in [3.8, 4) is 5.75 Å². The number of nitrogens with zero attached hydrogens (tertiary/aromatic N) is 3. The van der Waals surface area contributed by atoms with Crippen LogP contribution in [0.5, 0.6) is 5.75 Å². The zero-order valence-corrected chi connectivity index (χ0v) is 19.9. The highest BCUT2D eigenvalue weighted by Crippen LogP contribution is 2.25. The largest absolute Gasteiger partial charge is 0.487 e. The number of benzene rings is 1. The van der Waals surface area contributed by atoms with E-state index in [1.165, 1.54) is 10.7 Å². The van der Waals surface area contributed by atoms with E-state index in [1.807, 2.05) is 39.2 Å². The molecule has 1 atom stereocenters. The van der Waals surface area contributed by atoms with Gasteiger partial charge in [0.05, 0.1) is 5.69 Å². The first kappa shape index (κ1) is 24.2. The fourth-order valence-electron chi connectivity index (χ4n) is 2.61. The molecule has 1 heterocycles. The van der Waals surface area contributed by atoms with E-state index in [0.29, 0.717) is 34.9 Å². The van der Waals surface area contributed by atoms with Crippen LogP contribution in [-0.4, -0.2) is 36.1 Å². The Hall–Kier alpha value is -2.12. The number of rotatable bonds is 11. The molecule has 1 aromatic carbocycles. The van der Waals surface area contributed by atoms with Gasteiger partial charge < -0.3 is 15.1 Å². The number of thioether (sulfide) groups is 1. The summed E-state index contributed by atoms with van der Waals surface area (Å²) in [5.41, 5.74) is 1.26. The Morgan fingerprint density at radius 2 is 2.17 bits per heavy atom. The molecule has 164 valence electrons. The van der Waals surface area contributed by atoms with Crippen LogP contribution in [0.1, 0.15) is 31.5 Å². The molecule has 0 spiro atoms. The predicted molar refractivity (Wildman–Crippen MR) is 129 cm³/mol. The Morgan fingerprint density at radius 3 is 2.87 bits per heavy atom. The van der Waals surface area contributed by atoms with Crippen molar-refractivity contribution in [2.75, 3.05) is 36.7 Å². The number of allylic oxidation sites excluding steroid dienone is 1. The summed E-state index contributed by atoms with van der Waals surface area (Å²) < 4.78 is 7.36. The van der Waals surface area contributed by atoms with E-state index in [9.17, 15) is 4.79 Å². The monoisotopic (exact) mass is 450 g/mol. The highest BCUT2D eigenvalue weighted by atomic mass is 35.5. The molecule has 30 heavy (non-hydrogen) atoms. The van der Waals surface area contributed by atoms with E-state index in [1.54, 1.807) is 16.8 Å². The van der Waals surface area contributed by atoms with E-state index in [4.69, 9.17) is 16.3 Å². The van der Waals surface area contributed by atoms with Gasteiger partial charge in [-0.3, -0.25) is 4.79 Å². The summed E-state index contributed by atoms with van der Waals surface area (Å²) in [5, 5.41) is 7.77. The fraction of sp³-hybridized carbons (Fsp3) is 0.455. The summed E-state index contributed by atoms with van der Waals surface area (Å²) >= 11 is 7.89. The van der Waals surface area contributed by atoms with E-state index in [0.717, 1.165) is 17.7 Å². The molecule has 0 aliphatic carbocycles. The van der Waals surface area contributed by atoms with Crippen molar-refractivity contribution < 1.29 is 4.74 Å². The third-order valence-electron chi connectivity index (χ3n) is 4.59. The lowest BCUT2D eigenvalue weighted by molar-refractivity contribution is 0.298. The maximum Gasteiger partial charge on any atom is 0.274 e. The van der Waals surface area contributed by atoms with Crippen LogP contribution in [0.25, 0.3) is 0 Å². The van der Waals surface area contributed by atoms with Crippen molar-refractivity contribution in [2.24, 2.45) is 5.92 Å². The standard InChI is InChI=1S/C22H31ClN4O2S/c1-6-16(2)10-12-30-13-11-24-22-25-18(14-21(28)27(22)26(4)5)15-29-20-9-7-8-19(23)17(20)3/h7-10,12,14,16H,6,11,13,15H2,1-5H3,(H,24,25)/b12-10-. The van der Waals surface area contributed by atoms with Gasteiger partial charge in [0.2, 0.25) is 5.95 Å². The molecule has 1 N–H and O–H groups in total. The van der Waals surface area contributed by atoms with Crippen molar-refractivity contribution in [1.29, 1.82) is 0 Å². The molecule has 0 radical (unpaired) electrons. The van der Waals surface area contributed by atoms with Crippen LogP contribution < -0.4 is 20.6 Å². The van der Waals surface area contributed by atoms with Crippen molar-refractivity contribution >= 4 is 29.3 Å². The van der Waals surface area contributed by atoms with Gasteiger partial charge in [0.25, 0.3) is 5.56 Å². The third-order valence-corrected chi connectivity index (χ3v) is 5.79. The molecule has 0 saturated heterocycles. The second-order valence-electron chi connectivity index (χ2n) is 7.23. The Morgan fingerprint density at radius 1 is 1.40 bits per heavy atom. The van der Waals surface area contributed by atoms with Crippen molar-refractivity contribution in [1.82, 2.24) is 9.66 Å². The first-order chi connectivity index (χ1) is 14.3. The number of ether oxygens (including phenoxy) is 1. The van der Waals surface area contributed by atoms with Gasteiger partial charge >= 0.3 is 0 Å².